The van der Waals surface area contributed by atoms with Crippen molar-refractivity contribution in [3.05, 3.63) is 35.3 Å². The van der Waals surface area contributed by atoms with Crippen molar-refractivity contribution in [2.75, 3.05) is 13.7 Å². The van der Waals surface area contributed by atoms with E-state index in [9.17, 15) is 0 Å². The van der Waals surface area contributed by atoms with Gasteiger partial charge in [0.1, 0.15) is 11.6 Å². The molecule has 0 saturated carbocycles. The first kappa shape index (κ1) is 13.6. The van der Waals surface area contributed by atoms with Crippen LogP contribution in [0.3, 0.4) is 0 Å². The Hall–Kier alpha value is -1.81. The van der Waals surface area contributed by atoms with Crippen LogP contribution in [-0.2, 0) is 13.5 Å². The van der Waals surface area contributed by atoms with Gasteiger partial charge in [-0.1, -0.05) is 0 Å². The third-order valence-corrected chi connectivity index (χ3v) is 3.44. The van der Waals surface area contributed by atoms with E-state index >= 15 is 0 Å². The summed E-state index contributed by atoms with van der Waals surface area (Å²) in [6.07, 6.45) is 2.43. The molecule has 1 aromatic heterocycles. The van der Waals surface area contributed by atoms with Crippen molar-refractivity contribution in [3.8, 4) is 17.0 Å². The maximum atomic E-state index is 9.02. The van der Waals surface area contributed by atoms with Gasteiger partial charge in [-0.2, -0.15) is 0 Å². The highest BCUT2D eigenvalue weighted by molar-refractivity contribution is 5.66. The van der Waals surface area contributed by atoms with Crippen LogP contribution in [0.5, 0.6) is 5.75 Å². The van der Waals surface area contributed by atoms with Crippen LogP contribution in [0.4, 0.5) is 0 Å². The lowest BCUT2D eigenvalue weighted by Crippen LogP contribution is -2.03. The second-order valence-electron chi connectivity index (χ2n) is 4.73. The maximum Gasteiger partial charge on any atom is 0.122 e. The van der Waals surface area contributed by atoms with Crippen LogP contribution >= 0.6 is 0 Å². The number of nitrogens with zero attached hydrogens (tertiary/aromatic N) is 2. The number of aryl methyl sites for hydroxylation is 2. The summed E-state index contributed by atoms with van der Waals surface area (Å²) in [4.78, 5) is 4.37. The fraction of sp³-hybridized carbons (Fsp3) is 0.400. The predicted octanol–water partition coefficient (Wildman–Crippen LogP) is 2.25. The molecule has 0 saturated heterocycles. The zero-order chi connectivity index (χ0) is 14.0. The first-order valence-corrected chi connectivity index (χ1v) is 6.35. The lowest BCUT2D eigenvalue weighted by molar-refractivity contribution is 0.295. The van der Waals surface area contributed by atoms with Gasteiger partial charge < -0.3 is 14.4 Å². The molecule has 1 aromatic carbocycles. The normalized spacial score (nSPS) is 10.8. The van der Waals surface area contributed by atoms with Crippen molar-refractivity contribution >= 4 is 0 Å². The van der Waals surface area contributed by atoms with Gasteiger partial charge in [0.2, 0.25) is 0 Å². The summed E-state index contributed by atoms with van der Waals surface area (Å²) >= 11 is 0. The van der Waals surface area contributed by atoms with E-state index in [1.807, 2.05) is 30.8 Å². The number of benzene rings is 1. The van der Waals surface area contributed by atoms with E-state index in [0.29, 0.717) is 6.42 Å². The van der Waals surface area contributed by atoms with E-state index in [4.69, 9.17) is 9.84 Å². The largest absolute Gasteiger partial charge is 0.496 e. The number of aromatic nitrogens is 2. The second-order valence-corrected chi connectivity index (χ2v) is 4.73. The first-order chi connectivity index (χ1) is 9.08. The van der Waals surface area contributed by atoms with Gasteiger partial charge in [-0.3, -0.25) is 0 Å². The second kappa shape index (κ2) is 5.45. The summed E-state index contributed by atoms with van der Waals surface area (Å²) in [7, 11) is 3.66. The minimum absolute atomic E-state index is 0.116. The molecule has 1 heterocycles. The Morgan fingerprint density at radius 1 is 1.26 bits per heavy atom. The molecule has 0 bridgehead atoms. The summed E-state index contributed by atoms with van der Waals surface area (Å²) in [5.41, 5.74) is 4.47. The highest BCUT2D eigenvalue weighted by Crippen LogP contribution is 2.30. The van der Waals surface area contributed by atoms with Gasteiger partial charge in [-0.15, -0.1) is 0 Å². The molecule has 0 fully saturated rings. The van der Waals surface area contributed by atoms with E-state index in [2.05, 4.69) is 18.0 Å². The van der Waals surface area contributed by atoms with Gasteiger partial charge in [0.05, 0.1) is 25.6 Å². The molecule has 2 rings (SSSR count). The number of rotatable bonds is 4. The summed E-state index contributed by atoms with van der Waals surface area (Å²) in [6.45, 7) is 4.22. The minimum Gasteiger partial charge on any atom is -0.496 e. The molecule has 0 radical (unpaired) electrons. The molecular formula is C15H20N2O2. The van der Waals surface area contributed by atoms with Gasteiger partial charge >= 0.3 is 0 Å². The third-order valence-electron chi connectivity index (χ3n) is 3.44. The van der Waals surface area contributed by atoms with Gasteiger partial charge in [0.15, 0.2) is 0 Å². The van der Waals surface area contributed by atoms with E-state index in [-0.39, 0.29) is 6.61 Å². The summed E-state index contributed by atoms with van der Waals surface area (Å²) < 4.78 is 7.37. The van der Waals surface area contributed by atoms with Gasteiger partial charge in [-0.05, 0) is 37.1 Å². The quantitative estimate of drug-likeness (QED) is 0.917. The molecular weight excluding hydrogens is 240 g/mol. The highest BCUT2D eigenvalue weighted by Gasteiger charge is 2.12. The molecule has 2 aromatic rings. The molecule has 0 aliphatic rings. The van der Waals surface area contributed by atoms with Crippen LogP contribution in [0, 0.1) is 13.8 Å². The monoisotopic (exact) mass is 260 g/mol. The van der Waals surface area contributed by atoms with Crippen LogP contribution in [0.2, 0.25) is 0 Å². The molecule has 4 heteroatoms. The number of methoxy groups -OCH3 is 1. The fourth-order valence-corrected chi connectivity index (χ4v) is 2.32. The summed E-state index contributed by atoms with van der Waals surface area (Å²) in [5, 5.41) is 9.02. The SMILES string of the molecule is COc1cc(C)c(-c2cnc(CCO)n2C)cc1C. The van der Waals surface area contributed by atoms with Crippen LogP contribution in [0.15, 0.2) is 18.3 Å². The molecule has 0 unspecified atom stereocenters. The topological polar surface area (TPSA) is 47.3 Å². The van der Waals surface area contributed by atoms with Gasteiger partial charge in [0, 0.05) is 19.0 Å². The lowest BCUT2D eigenvalue weighted by Gasteiger charge is -2.12. The zero-order valence-corrected chi connectivity index (χ0v) is 11.9. The van der Waals surface area contributed by atoms with Crippen molar-refractivity contribution in [1.82, 2.24) is 9.55 Å². The Labute approximate surface area is 113 Å². The Kier molecular flexibility index (Phi) is 3.90. The minimum atomic E-state index is 0.116. The Bertz CT molecular complexity index is 588. The zero-order valence-electron chi connectivity index (χ0n) is 11.9. The Balaban J connectivity index is 2.50. The van der Waals surface area contributed by atoms with Crippen molar-refractivity contribution in [3.63, 3.8) is 0 Å². The lowest BCUT2D eigenvalue weighted by atomic mass is 10.0. The number of aliphatic hydroxyl groups excluding tert-OH is 1. The molecule has 0 aliphatic carbocycles. The van der Waals surface area contributed by atoms with Crippen LogP contribution in [0.25, 0.3) is 11.3 Å². The average molecular weight is 260 g/mol. The van der Waals surface area contributed by atoms with E-state index < -0.39 is 0 Å². The summed E-state index contributed by atoms with van der Waals surface area (Å²) in [5.74, 6) is 1.80. The van der Waals surface area contributed by atoms with E-state index in [1.54, 1.807) is 7.11 Å². The molecule has 19 heavy (non-hydrogen) atoms. The molecule has 4 nitrogen and oxygen atoms in total. The molecule has 0 aliphatic heterocycles. The van der Waals surface area contributed by atoms with Crippen LogP contribution in [-0.4, -0.2) is 28.4 Å². The molecule has 102 valence electrons. The standard InChI is InChI=1S/C15H20N2O2/c1-10-8-14(19-4)11(2)7-12(10)13-9-16-15(5-6-18)17(13)3/h7-9,18H,5-6H2,1-4H3. The smallest absolute Gasteiger partial charge is 0.122 e. The Morgan fingerprint density at radius 3 is 2.63 bits per heavy atom. The molecule has 0 atom stereocenters. The number of aliphatic hydroxyl groups is 1. The number of ether oxygens (including phenoxy) is 1. The Morgan fingerprint density at radius 2 is 2.00 bits per heavy atom. The highest BCUT2D eigenvalue weighted by atomic mass is 16.5. The van der Waals surface area contributed by atoms with Crippen molar-refractivity contribution in [1.29, 1.82) is 0 Å². The number of imidazole rings is 1. The number of hydrogen-bond donors (Lipinski definition) is 1. The fourth-order valence-electron chi connectivity index (χ4n) is 2.32. The van der Waals surface area contributed by atoms with E-state index in [1.165, 1.54) is 0 Å². The van der Waals surface area contributed by atoms with Crippen molar-refractivity contribution < 1.29 is 9.84 Å². The van der Waals surface area contributed by atoms with Gasteiger partial charge in [0.25, 0.3) is 0 Å². The molecule has 0 spiro atoms. The van der Waals surface area contributed by atoms with Crippen molar-refractivity contribution in [2.45, 2.75) is 20.3 Å². The van der Waals surface area contributed by atoms with Crippen molar-refractivity contribution in [2.24, 2.45) is 7.05 Å². The van der Waals surface area contributed by atoms with Crippen LogP contribution in [0.1, 0.15) is 17.0 Å². The van der Waals surface area contributed by atoms with Gasteiger partial charge in [-0.25, -0.2) is 4.98 Å². The van der Waals surface area contributed by atoms with Crippen LogP contribution < -0.4 is 4.74 Å². The third kappa shape index (κ3) is 2.49. The molecule has 0 amide bonds. The predicted molar refractivity (Wildman–Crippen MR) is 75.5 cm³/mol. The molecule has 1 N–H and O–H groups in total. The number of hydrogen-bond acceptors (Lipinski definition) is 3. The average Bonchev–Trinajstić information content (AvgIpc) is 2.74. The van der Waals surface area contributed by atoms with E-state index in [0.717, 1.165) is 34.0 Å². The first-order valence-electron chi connectivity index (χ1n) is 6.35. The maximum absolute atomic E-state index is 9.02. The summed E-state index contributed by atoms with van der Waals surface area (Å²) in [6, 6.07) is 4.16.